The lowest BCUT2D eigenvalue weighted by Crippen LogP contribution is -2.19. The van der Waals surface area contributed by atoms with Crippen molar-refractivity contribution in [2.24, 2.45) is 0 Å². The largest absolute Gasteiger partial charge is 0.456 e. The Balaban J connectivity index is 2.15. The zero-order chi connectivity index (χ0) is 14.0. The molecule has 0 bridgehead atoms. The van der Waals surface area contributed by atoms with Gasteiger partial charge in [0, 0.05) is 6.92 Å². The van der Waals surface area contributed by atoms with E-state index in [0.29, 0.717) is 5.13 Å². The minimum atomic E-state index is -0.481. The summed E-state index contributed by atoms with van der Waals surface area (Å²) in [6, 6.07) is 4.08. The molecule has 0 atom stereocenters. The number of amides is 1. The molecule has 1 aromatic carbocycles. The third kappa shape index (κ3) is 3.29. The number of thiazole rings is 1. The van der Waals surface area contributed by atoms with Crippen molar-refractivity contribution in [3.8, 4) is 0 Å². The van der Waals surface area contributed by atoms with Crippen LogP contribution in [0.15, 0.2) is 12.1 Å². The number of aryl methyl sites for hydroxylation is 2. The van der Waals surface area contributed by atoms with Crippen molar-refractivity contribution in [2.45, 2.75) is 20.8 Å². The van der Waals surface area contributed by atoms with Crippen LogP contribution in [0.5, 0.6) is 0 Å². The Morgan fingerprint density at radius 3 is 2.79 bits per heavy atom. The molecule has 0 radical (unpaired) electrons. The lowest BCUT2D eigenvalue weighted by molar-refractivity contribution is -0.144. The molecule has 0 aliphatic carbocycles. The first-order chi connectivity index (χ1) is 8.95. The molecule has 0 fully saturated rings. The Labute approximate surface area is 114 Å². The van der Waals surface area contributed by atoms with E-state index in [1.54, 1.807) is 0 Å². The van der Waals surface area contributed by atoms with Crippen LogP contribution in [0.3, 0.4) is 0 Å². The lowest BCUT2D eigenvalue weighted by Gasteiger charge is -2.01. The van der Waals surface area contributed by atoms with Crippen LogP contribution in [0, 0.1) is 13.8 Å². The monoisotopic (exact) mass is 278 g/mol. The van der Waals surface area contributed by atoms with Gasteiger partial charge in [-0.25, -0.2) is 4.98 Å². The molecule has 1 amide bonds. The predicted octanol–water partition coefficient (Wildman–Crippen LogP) is 2.41. The minimum absolute atomic E-state index is 0.288. The van der Waals surface area contributed by atoms with Crippen LogP contribution in [0.25, 0.3) is 10.2 Å². The Kier molecular flexibility index (Phi) is 3.80. The lowest BCUT2D eigenvalue weighted by atomic mass is 10.1. The molecule has 1 N–H and O–H groups in total. The van der Waals surface area contributed by atoms with E-state index >= 15 is 0 Å². The summed E-state index contributed by atoms with van der Waals surface area (Å²) in [6.07, 6.45) is 0. The molecule has 6 heteroatoms. The topological polar surface area (TPSA) is 68.3 Å². The molecule has 2 rings (SSSR count). The van der Waals surface area contributed by atoms with E-state index in [1.165, 1.54) is 18.3 Å². The molecule has 0 aliphatic rings. The number of hydrogen-bond acceptors (Lipinski definition) is 5. The summed E-state index contributed by atoms with van der Waals surface area (Å²) in [5, 5.41) is 3.14. The predicted molar refractivity (Wildman–Crippen MR) is 74.4 cm³/mol. The van der Waals surface area contributed by atoms with Gasteiger partial charge < -0.3 is 4.74 Å². The zero-order valence-electron chi connectivity index (χ0n) is 10.9. The normalized spacial score (nSPS) is 10.5. The highest BCUT2D eigenvalue weighted by Gasteiger charge is 2.10. The van der Waals surface area contributed by atoms with E-state index in [2.05, 4.69) is 15.0 Å². The number of nitrogens with one attached hydrogen (secondary N) is 1. The number of rotatable bonds is 3. The number of esters is 1. The van der Waals surface area contributed by atoms with Crippen LogP contribution < -0.4 is 5.32 Å². The molecule has 19 heavy (non-hydrogen) atoms. The maximum absolute atomic E-state index is 11.5. The number of benzene rings is 1. The fourth-order valence-corrected chi connectivity index (χ4v) is 2.80. The summed E-state index contributed by atoms with van der Waals surface area (Å²) in [7, 11) is 0. The standard InChI is InChI=1S/C13H14N2O3S/c1-7-4-8(2)12-10(5-7)19-13(15-12)14-11(17)6-18-9(3)16/h4-5H,6H2,1-3H3,(H,14,15,17). The molecule has 0 spiro atoms. The molecule has 100 valence electrons. The van der Waals surface area contributed by atoms with Gasteiger partial charge in [0.25, 0.3) is 5.91 Å². The second kappa shape index (κ2) is 5.36. The molecule has 5 nitrogen and oxygen atoms in total. The van der Waals surface area contributed by atoms with Gasteiger partial charge in [-0.3, -0.25) is 14.9 Å². The van der Waals surface area contributed by atoms with E-state index in [4.69, 9.17) is 0 Å². The zero-order valence-corrected chi connectivity index (χ0v) is 11.8. The van der Waals surface area contributed by atoms with E-state index in [9.17, 15) is 9.59 Å². The number of fused-ring (bicyclic) bond motifs is 1. The average Bonchev–Trinajstić information content (AvgIpc) is 2.69. The van der Waals surface area contributed by atoms with E-state index < -0.39 is 5.97 Å². The van der Waals surface area contributed by atoms with Crippen LogP contribution >= 0.6 is 11.3 Å². The molecule has 0 aliphatic heterocycles. The van der Waals surface area contributed by atoms with Crippen molar-refractivity contribution >= 4 is 38.6 Å². The first-order valence-electron chi connectivity index (χ1n) is 5.76. The van der Waals surface area contributed by atoms with Crippen molar-refractivity contribution in [3.63, 3.8) is 0 Å². The summed E-state index contributed by atoms with van der Waals surface area (Å²) in [4.78, 5) is 26.5. The van der Waals surface area contributed by atoms with E-state index in [-0.39, 0.29) is 12.5 Å². The van der Waals surface area contributed by atoms with Crippen molar-refractivity contribution in [1.82, 2.24) is 4.98 Å². The minimum Gasteiger partial charge on any atom is -0.456 e. The fraction of sp³-hybridized carbons (Fsp3) is 0.308. The van der Waals surface area contributed by atoms with Gasteiger partial charge in [0.15, 0.2) is 11.7 Å². The van der Waals surface area contributed by atoms with Gasteiger partial charge >= 0.3 is 5.97 Å². The first kappa shape index (κ1) is 13.5. The number of hydrogen-bond donors (Lipinski definition) is 1. The van der Waals surface area contributed by atoms with Crippen LogP contribution in [0.1, 0.15) is 18.1 Å². The van der Waals surface area contributed by atoms with Gasteiger partial charge in [0.2, 0.25) is 0 Å². The number of carbonyl (C=O) groups excluding carboxylic acids is 2. The quantitative estimate of drug-likeness (QED) is 0.875. The van der Waals surface area contributed by atoms with Crippen LogP contribution in [-0.2, 0) is 14.3 Å². The third-order valence-corrected chi connectivity index (χ3v) is 3.40. The number of aromatic nitrogens is 1. The van der Waals surface area contributed by atoms with Gasteiger partial charge in [-0.15, -0.1) is 0 Å². The van der Waals surface area contributed by atoms with Gasteiger partial charge in [-0.05, 0) is 31.0 Å². The molecular weight excluding hydrogens is 264 g/mol. The third-order valence-electron chi connectivity index (χ3n) is 2.48. The van der Waals surface area contributed by atoms with Gasteiger partial charge in [-0.2, -0.15) is 0 Å². The molecule has 0 saturated carbocycles. The van der Waals surface area contributed by atoms with Gasteiger partial charge in [-0.1, -0.05) is 17.4 Å². The first-order valence-corrected chi connectivity index (χ1v) is 6.58. The van der Waals surface area contributed by atoms with E-state index in [1.807, 2.05) is 26.0 Å². The molecule has 0 unspecified atom stereocenters. The summed E-state index contributed by atoms with van der Waals surface area (Å²) in [5.74, 6) is -0.866. The molecule has 0 saturated heterocycles. The summed E-state index contributed by atoms with van der Waals surface area (Å²) in [5.41, 5.74) is 3.12. The maximum atomic E-state index is 11.5. The van der Waals surface area contributed by atoms with Crippen molar-refractivity contribution in [1.29, 1.82) is 0 Å². The Bertz CT molecular complexity index is 649. The maximum Gasteiger partial charge on any atom is 0.303 e. The Hall–Kier alpha value is -1.95. The highest BCUT2D eigenvalue weighted by molar-refractivity contribution is 7.22. The Morgan fingerprint density at radius 2 is 2.11 bits per heavy atom. The number of anilines is 1. The average molecular weight is 278 g/mol. The number of ether oxygens (including phenoxy) is 1. The van der Waals surface area contributed by atoms with E-state index in [0.717, 1.165) is 21.3 Å². The van der Waals surface area contributed by atoms with Crippen molar-refractivity contribution in [2.75, 3.05) is 11.9 Å². The van der Waals surface area contributed by atoms with Gasteiger partial charge in [0.1, 0.15) is 0 Å². The smallest absolute Gasteiger partial charge is 0.303 e. The highest BCUT2D eigenvalue weighted by Crippen LogP contribution is 2.29. The molecule has 1 heterocycles. The van der Waals surface area contributed by atoms with Crippen molar-refractivity contribution in [3.05, 3.63) is 23.3 Å². The fourth-order valence-electron chi connectivity index (χ4n) is 1.75. The summed E-state index contributed by atoms with van der Waals surface area (Å²) < 4.78 is 5.65. The Morgan fingerprint density at radius 1 is 1.37 bits per heavy atom. The van der Waals surface area contributed by atoms with Crippen LogP contribution in [0.2, 0.25) is 0 Å². The second-order valence-electron chi connectivity index (χ2n) is 4.28. The number of nitrogens with zero attached hydrogens (tertiary/aromatic N) is 1. The SMILES string of the molecule is CC(=O)OCC(=O)Nc1nc2c(C)cc(C)cc2s1. The second-order valence-corrected chi connectivity index (χ2v) is 5.31. The van der Waals surface area contributed by atoms with Crippen molar-refractivity contribution < 1.29 is 14.3 Å². The molecule has 1 aromatic heterocycles. The number of carbonyl (C=O) groups is 2. The molecular formula is C13H14N2O3S. The summed E-state index contributed by atoms with van der Waals surface area (Å²) in [6.45, 7) is 4.98. The molecule has 2 aromatic rings. The van der Waals surface area contributed by atoms with Gasteiger partial charge in [0.05, 0.1) is 10.2 Å². The van der Waals surface area contributed by atoms with Crippen LogP contribution in [-0.4, -0.2) is 23.5 Å². The van der Waals surface area contributed by atoms with Crippen LogP contribution in [0.4, 0.5) is 5.13 Å². The highest BCUT2D eigenvalue weighted by atomic mass is 32.1. The summed E-state index contributed by atoms with van der Waals surface area (Å²) >= 11 is 1.40.